The Labute approximate surface area is 94.6 Å². The summed E-state index contributed by atoms with van der Waals surface area (Å²) in [4.78, 5) is 10.9. The topological polar surface area (TPSA) is 66.6 Å². The maximum atomic E-state index is 10.9. The van der Waals surface area contributed by atoms with Crippen molar-refractivity contribution in [2.75, 3.05) is 0 Å². The van der Waals surface area contributed by atoms with Crippen LogP contribution in [0.2, 0.25) is 0 Å². The first-order valence-electron chi connectivity index (χ1n) is 5.41. The molecule has 2 rings (SSSR count). The monoisotopic (exact) mass is 220 g/mol. The molecule has 1 fully saturated rings. The second-order valence-electron chi connectivity index (χ2n) is 4.38. The van der Waals surface area contributed by atoms with Crippen molar-refractivity contribution in [1.29, 1.82) is 0 Å². The number of urea groups is 1. The highest BCUT2D eigenvalue weighted by atomic mass is 16.5. The van der Waals surface area contributed by atoms with Crippen molar-refractivity contribution >= 4 is 6.03 Å². The summed E-state index contributed by atoms with van der Waals surface area (Å²) in [6, 6.07) is 8.86. The number of hydrogen-bond donors (Lipinski definition) is 2. The van der Waals surface area contributed by atoms with E-state index in [0.29, 0.717) is 5.06 Å². The molecule has 1 aromatic rings. The Morgan fingerprint density at radius 2 is 2.00 bits per heavy atom. The maximum Gasteiger partial charge on any atom is 0.338 e. The van der Waals surface area contributed by atoms with Gasteiger partial charge in [0, 0.05) is 5.41 Å². The molecule has 1 unspecified atom stereocenters. The minimum atomic E-state index is -0.797. The lowest BCUT2D eigenvalue weighted by atomic mass is 9.89. The van der Waals surface area contributed by atoms with Crippen LogP contribution in [0.25, 0.3) is 0 Å². The van der Waals surface area contributed by atoms with E-state index in [1.807, 2.05) is 37.3 Å². The highest BCUT2D eigenvalue weighted by Gasteiger charge is 2.51. The van der Waals surface area contributed by atoms with Gasteiger partial charge in [-0.15, -0.1) is 0 Å². The number of primary amides is 1. The molecule has 1 aliphatic carbocycles. The number of nitrogens with zero attached hydrogens (tertiary/aromatic N) is 1. The van der Waals surface area contributed by atoms with Gasteiger partial charge >= 0.3 is 6.03 Å². The molecule has 4 nitrogen and oxygen atoms in total. The second kappa shape index (κ2) is 3.79. The van der Waals surface area contributed by atoms with Crippen molar-refractivity contribution in [1.82, 2.24) is 5.06 Å². The van der Waals surface area contributed by atoms with E-state index >= 15 is 0 Å². The Morgan fingerprint density at radius 1 is 1.44 bits per heavy atom. The summed E-state index contributed by atoms with van der Waals surface area (Å²) < 4.78 is 0. The predicted octanol–water partition coefficient (Wildman–Crippen LogP) is 1.88. The van der Waals surface area contributed by atoms with Gasteiger partial charge in [0.1, 0.15) is 0 Å². The van der Waals surface area contributed by atoms with Gasteiger partial charge in [0.2, 0.25) is 0 Å². The molecule has 0 saturated heterocycles. The fraction of sp³-hybridized carbons (Fsp3) is 0.417. The Kier molecular flexibility index (Phi) is 2.59. The predicted molar refractivity (Wildman–Crippen MR) is 60.0 cm³/mol. The third-order valence-corrected chi connectivity index (χ3v) is 3.53. The fourth-order valence-corrected chi connectivity index (χ4v) is 2.28. The van der Waals surface area contributed by atoms with E-state index in [2.05, 4.69) is 0 Å². The van der Waals surface area contributed by atoms with Crippen molar-refractivity contribution in [2.24, 2.45) is 5.73 Å². The highest BCUT2D eigenvalue weighted by Crippen LogP contribution is 2.52. The normalized spacial score (nSPS) is 18.9. The van der Waals surface area contributed by atoms with Crippen LogP contribution in [0, 0.1) is 0 Å². The van der Waals surface area contributed by atoms with Crippen LogP contribution in [0.4, 0.5) is 4.79 Å². The van der Waals surface area contributed by atoms with Crippen molar-refractivity contribution in [3.63, 3.8) is 0 Å². The zero-order chi connectivity index (χ0) is 11.8. The lowest BCUT2D eigenvalue weighted by Crippen LogP contribution is -2.45. The minimum Gasteiger partial charge on any atom is -0.350 e. The number of rotatable bonds is 3. The zero-order valence-corrected chi connectivity index (χ0v) is 9.26. The van der Waals surface area contributed by atoms with Crippen molar-refractivity contribution in [3.05, 3.63) is 35.9 Å². The van der Waals surface area contributed by atoms with Crippen LogP contribution in [-0.2, 0) is 5.41 Å². The molecule has 0 heterocycles. The molecule has 86 valence electrons. The SMILES string of the molecule is CC(N(O)C(N)=O)C1(c2ccccc2)CC1. The molecular weight excluding hydrogens is 204 g/mol. The van der Waals surface area contributed by atoms with Gasteiger partial charge in [0.15, 0.2) is 0 Å². The zero-order valence-electron chi connectivity index (χ0n) is 9.26. The standard InChI is InChI=1S/C12H16N2O2/c1-9(14(16)11(13)15)12(7-8-12)10-5-3-2-4-6-10/h2-6,9,16H,7-8H2,1H3,(H2,13,15). The molecule has 3 N–H and O–H groups in total. The third kappa shape index (κ3) is 1.65. The van der Waals surface area contributed by atoms with Gasteiger partial charge in [-0.25, -0.2) is 9.86 Å². The Morgan fingerprint density at radius 3 is 2.44 bits per heavy atom. The smallest absolute Gasteiger partial charge is 0.338 e. The summed E-state index contributed by atoms with van der Waals surface area (Å²) in [6.07, 6.45) is 1.95. The van der Waals surface area contributed by atoms with E-state index < -0.39 is 6.03 Å². The summed E-state index contributed by atoms with van der Waals surface area (Å²) in [5.74, 6) is 0. The van der Waals surface area contributed by atoms with E-state index in [1.165, 1.54) is 0 Å². The molecule has 1 aromatic carbocycles. The number of hydrogen-bond acceptors (Lipinski definition) is 2. The summed E-state index contributed by atoms with van der Waals surface area (Å²) in [7, 11) is 0. The Balaban J connectivity index is 2.24. The van der Waals surface area contributed by atoms with Crippen LogP contribution in [0.1, 0.15) is 25.3 Å². The van der Waals surface area contributed by atoms with E-state index in [1.54, 1.807) is 0 Å². The summed E-state index contributed by atoms with van der Waals surface area (Å²) >= 11 is 0. The van der Waals surface area contributed by atoms with E-state index in [0.717, 1.165) is 18.4 Å². The first-order chi connectivity index (χ1) is 7.58. The first-order valence-corrected chi connectivity index (χ1v) is 5.41. The lowest BCUT2D eigenvalue weighted by molar-refractivity contribution is -0.0802. The largest absolute Gasteiger partial charge is 0.350 e. The molecule has 1 saturated carbocycles. The molecule has 0 aromatic heterocycles. The van der Waals surface area contributed by atoms with Crippen LogP contribution in [0.15, 0.2) is 30.3 Å². The molecule has 0 spiro atoms. The van der Waals surface area contributed by atoms with Crippen LogP contribution in [-0.4, -0.2) is 22.3 Å². The number of carbonyl (C=O) groups is 1. The molecular formula is C12H16N2O2. The molecule has 2 amide bonds. The number of nitrogens with two attached hydrogens (primary N) is 1. The summed E-state index contributed by atoms with van der Waals surface area (Å²) in [6.45, 7) is 1.82. The van der Waals surface area contributed by atoms with Crippen LogP contribution in [0.5, 0.6) is 0 Å². The van der Waals surface area contributed by atoms with Gasteiger partial charge in [-0.3, -0.25) is 5.21 Å². The molecule has 1 atom stereocenters. The lowest BCUT2D eigenvalue weighted by Gasteiger charge is -2.29. The number of carbonyl (C=O) groups excluding carboxylic acids is 1. The molecule has 1 aliphatic rings. The molecule has 0 aliphatic heterocycles. The van der Waals surface area contributed by atoms with Crippen molar-refractivity contribution in [3.8, 4) is 0 Å². The first kappa shape index (κ1) is 11.0. The van der Waals surface area contributed by atoms with E-state index in [-0.39, 0.29) is 11.5 Å². The van der Waals surface area contributed by atoms with Gasteiger partial charge in [-0.2, -0.15) is 0 Å². The van der Waals surface area contributed by atoms with E-state index in [4.69, 9.17) is 5.73 Å². The molecule has 0 radical (unpaired) electrons. The van der Waals surface area contributed by atoms with Crippen LogP contribution < -0.4 is 5.73 Å². The van der Waals surface area contributed by atoms with Gasteiger partial charge in [0.25, 0.3) is 0 Å². The Bertz CT molecular complexity index is 387. The summed E-state index contributed by atoms with van der Waals surface area (Å²) in [5, 5.41) is 10.2. The number of amides is 2. The number of benzene rings is 1. The van der Waals surface area contributed by atoms with Gasteiger partial charge in [-0.1, -0.05) is 30.3 Å². The molecule has 4 heteroatoms. The third-order valence-electron chi connectivity index (χ3n) is 3.53. The number of hydroxylamine groups is 2. The maximum absolute atomic E-state index is 10.9. The van der Waals surface area contributed by atoms with Gasteiger partial charge in [-0.05, 0) is 25.3 Å². The average molecular weight is 220 g/mol. The minimum absolute atomic E-state index is 0.120. The van der Waals surface area contributed by atoms with Gasteiger partial charge < -0.3 is 5.73 Å². The Hall–Kier alpha value is -1.55. The quantitative estimate of drug-likeness (QED) is 0.603. The van der Waals surface area contributed by atoms with Gasteiger partial charge in [0.05, 0.1) is 6.04 Å². The van der Waals surface area contributed by atoms with Crippen molar-refractivity contribution < 1.29 is 10.0 Å². The van der Waals surface area contributed by atoms with Crippen LogP contribution in [0.3, 0.4) is 0 Å². The highest BCUT2D eigenvalue weighted by molar-refractivity contribution is 5.71. The van der Waals surface area contributed by atoms with Crippen molar-refractivity contribution in [2.45, 2.75) is 31.2 Å². The fourth-order valence-electron chi connectivity index (χ4n) is 2.28. The molecule has 16 heavy (non-hydrogen) atoms. The molecule has 0 bridgehead atoms. The van der Waals surface area contributed by atoms with E-state index in [9.17, 15) is 10.0 Å². The van der Waals surface area contributed by atoms with Crippen LogP contribution >= 0.6 is 0 Å². The average Bonchev–Trinajstić information content (AvgIpc) is 3.09. The second-order valence-corrected chi connectivity index (χ2v) is 4.38. The summed E-state index contributed by atoms with van der Waals surface area (Å²) in [5.41, 5.74) is 6.11.